The number of nitrogens with two attached hydrogens (primary N) is 2. The van der Waals surface area contributed by atoms with E-state index in [2.05, 4.69) is 10.1 Å². The van der Waals surface area contributed by atoms with E-state index in [1.54, 1.807) is 38.4 Å². The highest BCUT2D eigenvalue weighted by Crippen LogP contribution is 2.43. The fourth-order valence-electron chi connectivity index (χ4n) is 4.64. The minimum Gasteiger partial charge on any atom is -0.401 e. The van der Waals surface area contributed by atoms with Gasteiger partial charge in [0, 0.05) is 23.8 Å². The zero-order chi connectivity index (χ0) is 25.4. The monoisotopic (exact) mass is 480 g/mol. The summed E-state index contributed by atoms with van der Waals surface area (Å²) in [5.41, 5.74) is 13.4. The summed E-state index contributed by atoms with van der Waals surface area (Å²) in [5, 5.41) is 14.6. The predicted molar refractivity (Wildman–Crippen MR) is 130 cm³/mol. The van der Waals surface area contributed by atoms with Crippen molar-refractivity contribution in [2.45, 2.75) is 57.5 Å². The van der Waals surface area contributed by atoms with E-state index in [0.29, 0.717) is 30.2 Å². The first kappa shape index (κ1) is 24.5. The highest BCUT2D eigenvalue weighted by molar-refractivity contribution is 5.67. The summed E-state index contributed by atoms with van der Waals surface area (Å²) in [7, 11) is 0. The van der Waals surface area contributed by atoms with Gasteiger partial charge >= 0.3 is 0 Å². The smallest absolute Gasteiger partial charge is 0.250 e. The van der Waals surface area contributed by atoms with Crippen LogP contribution >= 0.6 is 0 Å². The molecule has 0 radical (unpaired) electrons. The van der Waals surface area contributed by atoms with Gasteiger partial charge < -0.3 is 16.6 Å². The topological polar surface area (TPSA) is 116 Å². The molecule has 4 rings (SSSR count). The molecular weight excluding hydrogens is 450 g/mol. The third-order valence-corrected chi connectivity index (χ3v) is 6.65. The number of benzene rings is 1. The normalized spacial score (nSPS) is 19.3. The lowest BCUT2D eigenvalue weighted by Crippen LogP contribution is -2.37. The molecule has 1 unspecified atom stereocenters. The standard InChI is InChI=1S/C26H30F2N6O/c1-4-26(21-10-13-31-24(32-21)34-14-11-20(33-34)25(2,3)35)12-6-7-16(23(26)30)15-19(29)22-17(27)8-5-9-18(22)28/h5,8-11,13-15,35H,4,6-7,12,29-30H2,1-3H3/b19-15-. The number of allylic oxidation sites excluding steroid dienone is 3. The van der Waals surface area contributed by atoms with Crippen LogP contribution in [0.5, 0.6) is 0 Å². The molecule has 1 aliphatic carbocycles. The molecule has 0 fully saturated rings. The first-order valence-electron chi connectivity index (χ1n) is 11.6. The van der Waals surface area contributed by atoms with Crippen LogP contribution in [0.25, 0.3) is 11.6 Å². The van der Waals surface area contributed by atoms with Crippen molar-refractivity contribution in [3.63, 3.8) is 0 Å². The Morgan fingerprint density at radius 1 is 1.23 bits per heavy atom. The van der Waals surface area contributed by atoms with Gasteiger partial charge in [0.05, 0.1) is 22.4 Å². The quantitative estimate of drug-likeness (QED) is 0.487. The van der Waals surface area contributed by atoms with Crippen LogP contribution in [-0.2, 0) is 11.0 Å². The van der Waals surface area contributed by atoms with Crippen LogP contribution in [0.2, 0.25) is 0 Å². The predicted octanol–water partition coefficient (Wildman–Crippen LogP) is 4.21. The molecule has 5 N–H and O–H groups in total. The lowest BCUT2D eigenvalue weighted by Gasteiger charge is -2.38. The van der Waals surface area contributed by atoms with Gasteiger partial charge in [0.25, 0.3) is 5.95 Å². The molecule has 184 valence electrons. The number of hydrogen-bond acceptors (Lipinski definition) is 6. The second kappa shape index (κ2) is 9.22. The van der Waals surface area contributed by atoms with Gasteiger partial charge in [-0.2, -0.15) is 5.10 Å². The number of nitrogens with zero attached hydrogens (tertiary/aromatic N) is 4. The van der Waals surface area contributed by atoms with Crippen molar-refractivity contribution in [2.24, 2.45) is 11.5 Å². The van der Waals surface area contributed by atoms with Gasteiger partial charge in [0.2, 0.25) is 0 Å². The molecule has 1 atom stereocenters. The Balaban J connectivity index is 1.77. The van der Waals surface area contributed by atoms with Crippen LogP contribution in [0.15, 0.2) is 60.1 Å². The Morgan fingerprint density at radius 2 is 1.94 bits per heavy atom. The van der Waals surface area contributed by atoms with Crippen molar-refractivity contribution in [3.8, 4) is 5.95 Å². The maximum absolute atomic E-state index is 14.3. The molecule has 0 amide bonds. The van der Waals surface area contributed by atoms with E-state index in [9.17, 15) is 13.9 Å². The highest BCUT2D eigenvalue weighted by Gasteiger charge is 2.39. The molecule has 0 spiro atoms. The van der Waals surface area contributed by atoms with Crippen LogP contribution in [0.1, 0.15) is 63.4 Å². The van der Waals surface area contributed by atoms with Gasteiger partial charge in [0.1, 0.15) is 17.2 Å². The molecule has 0 aliphatic heterocycles. The minimum atomic E-state index is -1.09. The Morgan fingerprint density at radius 3 is 2.57 bits per heavy atom. The molecule has 7 nitrogen and oxygen atoms in total. The van der Waals surface area contributed by atoms with E-state index in [4.69, 9.17) is 16.5 Å². The Kier molecular flexibility index (Phi) is 6.46. The lowest BCUT2D eigenvalue weighted by molar-refractivity contribution is 0.0734. The van der Waals surface area contributed by atoms with Crippen molar-refractivity contribution >= 4 is 5.70 Å². The largest absolute Gasteiger partial charge is 0.401 e. The van der Waals surface area contributed by atoms with Crippen molar-refractivity contribution in [3.05, 3.63) is 88.7 Å². The fraction of sp³-hybridized carbons (Fsp3) is 0.346. The number of aliphatic hydroxyl groups is 1. The molecule has 0 saturated heterocycles. The second-order valence-electron chi connectivity index (χ2n) is 9.37. The third kappa shape index (κ3) is 4.55. The van der Waals surface area contributed by atoms with Crippen LogP contribution in [0.3, 0.4) is 0 Å². The van der Waals surface area contributed by atoms with E-state index in [1.807, 2.05) is 13.0 Å². The number of halogens is 2. The maximum atomic E-state index is 14.3. The fourth-order valence-corrected chi connectivity index (χ4v) is 4.64. The Labute approximate surface area is 203 Å². The first-order chi connectivity index (χ1) is 16.6. The molecule has 1 aromatic carbocycles. The van der Waals surface area contributed by atoms with Crippen LogP contribution in [-0.4, -0.2) is 24.9 Å². The Bertz CT molecular complexity index is 1290. The summed E-state index contributed by atoms with van der Waals surface area (Å²) >= 11 is 0. The molecule has 35 heavy (non-hydrogen) atoms. The van der Waals surface area contributed by atoms with Crippen molar-refractivity contribution in [2.75, 3.05) is 0 Å². The van der Waals surface area contributed by atoms with Crippen LogP contribution in [0, 0.1) is 11.6 Å². The van der Waals surface area contributed by atoms with Crippen LogP contribution in [0.4, 0.5) is 8.78 Å². The molecule has 0 bridgehead atoms. The first-order valence-corrected chi connectivity index (χ1v) is 11.6. The zero-order valence-electron chi connectivity index (χ0n) is 20.1. The second-order valence-corrected chi connectivity index (χ2v) is 9.37. The summed E-state index contributed by atoms with van der Waals surface area (Å²) in [4.78, 5) is 9.13. The molecule has 2 aromatic heterocycles. The molecule has 0 saturated carbocycles. The minimum absolute atomic E-state index is 0.00971. The van der Waals surface area contributed by atoms with E-state index >= 15 is 0 Å². The summed E-state index contributed by atoms with van der Waals surface area (Å²) in [6, 6.07) is 7.19. The number of hydrogen-bond donors (Lipinski definition) is 3. The zero-order valence-corrected chi connectivity index (χ0v) is 20.1. The van der Waals surface area contributed by atoms with Crippen LogP contribution < -0.4 is 11.5 Å². The average Bonchev–Trinajstić information content (AvgIpc) is 3.32. The van der Waals surface area contributed by atoms with Gasteiger partial charge in [-0.05, 0) is 75.4 Å². The maximum Gasteiger partial charge on any atom is 0.250 e. The molecular formula is C26H30F2N6O. The van der Waals surface area contributed by atoms with E-state index < -0.39 is 22.7 Å². The van der Waals surface area contributed by atoms with Gasteiger partial charge in [-0.3, -0.25) is 0 Å². The van der Waals surface area contributed by atoms with E-state index in [-0.39, 0.29) is 11.3 Å². The molecule has 1 aliphatic rings. The van der Waals surface area contributed by atoms with Gasteiger partial charge in [0.15, 0.2) is 0 Å². The van der Waals surface area contributed by atoms with Gasteiger partial charge in [-0.15, -0.1) is 0 Å². The summed E-state index contributed by atoms with van der Waals surface area (Å²) < 4.78 is 30.1. The summed E-state index contributed by atoms with van der Waals surface area (Å²) in [5.74, 6) is -1.09. The summed E-state index contributed by atoms with van der Waals surface area (Å²) in [6.45, 7) is 5.34. The molecule has 9 heteroatoms. The average molecular weight is 481 g/mol. The van der Waals surface area contributed by atoms with E-state index in [1.165, 1.54) is 22.9 Å². The van der Waals surface area contributed by atoms with Gasteiger partial charge in [-0.25, -0.2) is 23.4 Å². The summed E-state index contributed by atoms with van der Waals surface area (Å²) in [6.07, 6.45) is 7.78. The SMILES string of the molecule is CCC1(c2ccnc(-n3ccc(C(C)(C)O)n3)n2)CCCC(/C=C(\N)c2c(F)cccc2F)=C1N. The highest BCUT2D eigenvalue weighted by atomic mass is 19.1. The van der Waals surface area contributed by atoms with Crippen molar-refractivity contribution in [1.29, 1.82) is 0 Å². The van der Waals surface area contributed by atoms with Crippen molar-refractivity contribution in [1.82, 2.24) is 19.7 Å². The third-order valence-electron chi connectivity index (χ3n) is 6.65. The lowest BCUT2D eigenvalue weighted by atomic mass is 9.69. The van der Waals surface area contributed by atoms with Crippen molar-refractivity contribution < 1.29 is 13.9 Å². The van der Waals surface area contributed by atoms with Gasteiger partial charge in [-0.1, -0.05) is 13.0 Å². The van der Waals surface area contributed by atoms with E-state index in [0.717, 1.165) is 24.1 Å². The molecule has 2 heterocycles. The Hall–Kier alpha value is -3.59. The molecule has 3 aromatic rings. The number of aromatic nitrogens is 4. The number of rotatable bonds is 6.